The molecule has 0 unspecified atom stereocenters. The fourth-order valence-electron chi connectivity index (χ4n) is 1.07. The number of hydrogen-bond donors (Lipinski definition) is 3. The van der Waals surface area contributed by atoms with Gasteiger partial charge in [-0.3, -0.25) is 0 Å². The molecule has 0 aliphatic carbocycles. The van der Waals surface area contributed by atoms with Crippen LogP contribution in [0.2, 0.25) is 0 Å². The van der Waals surface area contributed by atoms with Gasteiger partial charge in [0.2, 0.25) is 18.2 Å². The Morgan fingerprint density at radius 3 is 0.826 bits per heavy atom. The smallest absolute Gasteiger partial charge is 0.222 e. The maximum Gasteiger partial charge on any atom is 0.231 e. The molecule has 0 amide bonds. The van der Waals surface area contributed by atoms with Crippen molar-refractivity contribution in [2.24, 2.45) is 0 Å². The zero-order chi connectivity index (χ0) is 18.3. The molecule has 2 rings (SSSR count). The molecule has 0 heterocycles. The molecule has 0 atom stereocenters. The first-order valence-corrected chi connectivity index (χ1v) is 6.18. The molecule has 0 aliphatic rings. The minimum atomic E-state index is 0.750. The van der Waals surface area contributed by atoms with Crippen LogP contribution in [0.3, 0.4) is 0 Å². The summed E-state index contributed by atoms with van der Waals surface area (Å²) >= 11 is 0. The third-order valence-electron chi connectivity index (χ3n) is 1.88. The number of nitrogens with one attached hydrogen (secondary N) is 3. The van der Waals surface area contributed by atoms with Crippen molar-refractivity contribution in [1.82, 2.24) is 0 Å². The standard InChI is InChI=1S/2C7H8.3CHNO/c2*1-7-5-3-2-4-6-7;3*2-1-3/h2*2-6H,1H3;3*2H. The second-order valence-corrected chi connectivity index (χ2v) is 3.62. The summed E-state index contributed by atoms with van der Waals surface area (Å²) in [6.07, 6.45) is 2.25. The summed E-state index contributed by atoms with van der Waals surface area (Å²) in [6.45, 7) is 4.17. The van der Waals surface area contributed by atoms with Gasteiger partial charge in [0.15, 0.2) is 0 Å². The van der Waals surface area contributed by atoms with Gasteiger partial charge in [-0.05, 0) is 13.8 Å². The Labute approximate surface area is 135 Å². The fraction of sp³-hybridized carbons (Fsp3) is 0.118. The summed E-state index contributed by atoms with van der Waals surface area (Å²) in [7, 11) is 0. The lowest BCUT2D eigenvalue weighted by Crippen LogP contribution is -1.62. The molecule has 0 radical (unpaired) electrons. The van der Waals surface area contributed by atoms with Crippen LogP contribution in [0.4, 0.5) is 0 Å². The van der Waals surface area contributed by atoms with Gasteiger partial charge in [0.25, 0.3) is 0 Å². The van der Waals surface area contributed by atoms with Crippen molar-refractivity contribution < 1.29 is 14.4 Å². The second-order valence-electron chi connectivity index (χ2n) is 3.62. The van der Waals surface area contributed by atoms with E-state index in [1.165, 1.54) is 11.1 Å². The van der Waals surface area contributed by atoms with Crippen LogP contribution in [0, 0.1) is 30.1 Å². The summed E-state index contributed by atoms with van der Waals surface area (Å²) in [5.74, 6) is 0. The highest BCUT2D eigenvalue weighted by Gasteiger charge is 1.72. The van der Waals surface area contributed by atoms with Gasteiger partial charge in [-0.25, -0.2) is 30.6 Å². The topological polar surface area (TPSA) is 123 Å². The molecule has 0 aromatic heterocycles. The lowest BCUT2D eigenvalue weighted by atomic mass is 10.2. The van der Waals surface area contributed by atoms with Gasteiger partial charge < -0.3 is 0 Å². The molecular weight excluding hydrogens is 294 g/mol. The predicted molar refractivity (Wildman–Crippen MR) is 87.6 cm³/mol. The van der Waals surface area contributed by atoms with Gasteiger partial charge in [-0.15, -0.1) is 0 Å². The summed E-state index contributed by atoms with van der Waals surface area (Å²) in [4.78, 5) is 25.0. The predicted octanol–water partition coefficient (Wildman–Crippen LogP) is 3.69. The Kier molecular flexibility index (Phi) is 25.3. The number of isocyanates is 3. The van der Waals surface area contributed by atoms with Crippen LogP contribution in [0.1, 0.15) is 11.1 Å². The molecular formula is C17H19N3O3. The molecule has 0 bridgehead atoms. The van der Waals surface area contributed by atoms with E-state index in [9.17, 15) is 0 Å². The van der Waals surface area contributed by atoms with Crippen LogP contribution >= 0.6 is 0 Å². The van der Waals surface area contributed by atoms with Gasteiger partial charge in [0.1, 0.15) is 0 Å². The number of benzene rings is 2. The molecule has 2 aromatic carbocycles. The van der Waals surface area contributed by atoms with Gasteiger partial charge in [0, 0.05) is 0 Å². The molecule has 0 saturated carbocycles. The summed E-state index contributed by atoms with van der Waals surface area (Å²) in [6, 6.07) is 20.5. The molecule has 0 aliphatic heterocycles. The molecule has 120 valence electrons. The Hall–Kier alpha value is -3.42. The molecule has 6 heteroatoms. The molecule has 0 fully saturated rings. The number of aryl methyl sites for hydroxylation is 2. The average molecular weight is 313 g/mol. The first-order valence-electron chi connectivity index (χ1n) is 6.18. The van der Waals surface area contributed by atoms with Crippen molar-refractivity contribution >= 4 is 18.2 Å². The molecule has 0 spiro atoms. The van der Waals surface area contributed by atoms with Crippen LogP contribution in [0.15, 0.2) is 60.7 Å². The third kappa shape index (κ3) is 32.3. The second kappa shape index (κ2) is 23.7. The highest BCUT2D eigenvalue weighted by molar-refractivity contribution is 5.26. The van der Waals surface area contributed by atoms with E-state index >= 15 is 0 Å². The Balaban J connectivity index is -0.000000235. The van der Waals surface area contributed by atoms with Crippen LogP contribution < -0.4 is 0 Å². The van der Waals surface area contributed by atoms with Gasteiger partial charge in [0.05, 0.1) is 0 Å². The molecule has 23 heavy (non-hydrogen) atoms. The van der Waals surface area contributed by atoms with Crippen molar-refractivity contribution in [3.05, 3.63) is 71.8 Å². The summed E-state index contributed by atoms with van der Waals surface area (Å²) in [5.41, 5.74) is 2.64. The normalized spacial score (nSPS) is 6.35. The minimum absolute atomic E-state index is 0.750. The van der Waals surface area contributed by atoms with Crippen LogP contribution in [-0.2, 0) is 14.4 Å². The Morgan fingerprint density at radius 1 is 0.565 bits per heavy atom. The zero-order valence-electron chi connectivity index (χ0n) is 13.0. The summed E-state index contributed by atoms with van der Waals surface area (Å²) < 4.78 is 0. The van der Waals surface area contributed by atoms with Crippen molar-refractivity contribution in [2.75, 3.05) is 0 Å². The van der Waals surface area contributed by atoms with E-state index in [1.807, 2.05) is 36.4 Å². The van der Waals surface area contributed by atoms with E-state index in [0.717, 1.165) is 18.2 Å². The van der Waals surface area contributed by atoms with E-state index in [2.05, 4.69) is 38.1 Å². The SMILES string of the molecule is Cc1ccccc1.Cc1ccccc1.N=C=O.N=C=O.N=C=O. The van der Waals surface area contributed by atoms with E-state index in [1.54, 1.807) is 0 Å². The highest BCUT2D eigenvalue weighted by atomic mass is 16.1. The van der Waals surface area contributed by atoms with Crippen LogP contribution in [-0.4, -0.2) is 18.2 Å². The number of hydrogen-bond acceptors (Lipinski definition) is 6. The van der Waals surface area contributed by atoms with Gasteiger partial charge in [-0.2, -0.15) is 0 Å². The lowest BCUT2D eigenvalue weighted by Gasteiger charge is -1.82. The first kappa shape index (κ1) is 24.6. The van der Waals surface area contributed by atoms with Crippen molar-refractivity contribution in [1.29, 1.82) is 16.2 Å². The molecule has 6 nitrogen and oxygen atoms in total. The van der Waals surface area contributed by atoms with Gasteiger partial charge in [-0.1, -0.05) is 71.8 Å². The number of carbonyl (C=O) groups excluding carboxylic acids is 3. The van der Waals surface area contributed by atoms with Crippen molar-refractivity contribution in [2.45, 2.75) is 13.8 Å². The molecule has 0 saturated heterocycles. The fourth-order valence-corrected chi connectivity index (χ4v) is 1.07. The summed E-state index contributed by atoms with van der Waals surface area (Å²) in [5, 5.41) is 16.2. The minimum Gasteiger partial charge on any atom is -0.222 e. The lowest BCUT2D eigenvalue weighted by molar-refractivity contribution is 0.562. The van der Waals surface area contributed by atoms with E-state index in [-0.39, 0.29) is 0 Å². The van der Waals surface area contributed by atoms with Crippen molar-refractivity contribution in [3.63, 3.8) is 0 Å². The quantitative estimate of drug-likeness (QED) is 0.507. The third-order valence-corrected chi connectivity index (χ3v) is 1.88. The highest BCUT2D eigenvalue weighted by Crippen LogP contribution is 1.92. The van der Waals surface area contributed by atoms with E-state index in [0.29, 0.717) is 0 Å². The van der Waals surface area contributed by atoms with E-state index < -0.39 is 0 Å². The largest absolute Gasteiger partial charge is 0.231 e. The Morgan fingerprint density at radius 2 is 0.739 bits per heavy atom. The zero-order valence-corrected chi connectivity index (χ0v) is 13.0. The number of rotatable bonds is 0. The maximum atomic E-state index is 8.35. The van der Waals surface area contributed by atoms with Crippen LogP contribution in [0.5, 0.6) is 0 Å². The van der Waals surface area contributed by atoms with Crippen molar-refractivity contribution in [3.8, 4) is 0 Å². The average Bonchev–Trinajstić information content (AvgIpc) is 2.52. The monoisotopic (exact) mass is 313 g/mol. The maximum absolute atomic E-state index is 8.35. The van der Waals surface area contributed by atoms with Crippen LogP contribution in [0.25, 0.3) is 0 Å². The van der Waals surface area contributed by atoms with E-state index in [4.69, 9.17) is 30.6 Å². The molecule has 3 N–H and O–H groups in total. The van der Waals surface area contributed by atoms with Gasteiger partial charge >= 0.3 is 0 Å². The molecule has 2 aromatic rings. The Bertz CT molecular complexity index is 515. The first-order chi connectivity index (χ1) is 11.0.